The number of ether oxygens (including phenoxy) is 2. The first-order valence-corrected chi connectivity index (χ1v) is 18.4. The molecule has 2 aromatic rings. The van der Waals surface area contributed by atoms with Gasteiger partial charge in [-0.1, -0.05) is 39.8 Å². The van der Waals surface area contributed by atoms with E-state index in [1.54, 1.807) is 24.3 Å². The molecule has 1 aliphatic rings. The first kappa shape index (κ1) is 34.0. The molecule has 21 heteroatoms. The fourth-order valence-electron chi connectivity index (χ4n) is 3.80. The first-order chi connectivity index (χ1) is 19.1. The van der Waals surface area contributed by atoms with Crippen molar-refractivity contribution in [2.45, 2.75) is 44.0 Å². The highest BCUT2D eigenvalue weighted by Gasteiger charge is 2.41. The largest absolute Gasteiger partial charge is 0.488 e. The molecule has 2 heterocycles. The molecule has 1 fully saturated rings. The average molecular weight is 676 g/mol. The molecule has 1 aromatic heterocycles. The number of H-pyrrole nitrogens is 1. The maximum Gasteiger partial charge on any atom is 0.488 e. The summed E-state index contributed by atoms with van der Waals surface area (Å²) in [7, 11) is -11.8. The Bertz CT molecular complexity index is 1490. The van der Waals surface area contributed by atoms with Crippen molar-refractivity contribution >= 4 is 51.5 Å². The molecule has 4 unspecified atom stereocenters. The Labute approximate surface area is 241 Å². The van der Waals surface area contributed by atoms with Crippen molar-refractivity contribution in [2.75, 3.05) is 12.9 Å². The second-order valence-corrected chi connectivity index (χ2v) is 15.4. The van der Waals surface area contributed by atoms with Crippen molar-refractivity contribution in [3.63, 3.8) is 0 Å². The Balaban J connectivity index is 1.82. The standard InChI is InChI=1S/C20H27N2O14P3S2/c1-11-9-22(20(25)21-18(11)23)17-8-15(34-19(24)14-7-5-4-6-13(14)12(2)41-40-3)16(33-17)10-32-37(26)35-39(30,31)36-38(27,28)29/h4-7,9,12,15-17,37H,8,10H2,1-3H3,(H,30,31)(H,21,23,25)(H2,27,28,29)/t12?,15?,16-,17-/m1/s1. The van der Waals surface area contributed by atoms with Crippen LogP contribution in [0.15, 0.2) is 40.1 Å². The number of aryl methyl sites for hydroxylation is 1. The summed E-state index contributed by atoms with van der Waals surface area (Å²) in [5, 5.41) is -0.0736. The average Bonchev–Trinajstić information content (AvgIpc) is 3.25. The molecule has 0 bridgehead atoms. The molecule has 41 heavy (non-hydrogen) atoms. The van der Waals surface area contributed by atoms with Gasteiger partial charge < -0.3 is 28.7 Å². The molecule has 0 amide bonds. The molecule has 0 aliphatic carbocycles. The Kier molecular flexibility index (Phi) is 11.9. The van der Waals surface area contributed by atoms with Crippen LogP contribution in [0.5, 0.6) is 0 Å². The fraction of sp³-hybridized carbons (Fsp3) is 0.450. The van der Waals surface area contributed by atoms with Crippen molar-refractivity contribution in [3.05, 3.63) is 68.0 Å². The van der Waals surface area contributed by atoms with Gasteiger partial charge in [-0.2, -0.15) is 4.31 Å². The molecular formula is C20H27N2O14P3S2. The number of rotatable bonds is 13. The Morgan fingerprint density at radius 3 is 2.61 bits per heavy atom. The van der Waals surface area contributed by atoms with Crippen LogP contribution in [0.1, 0.15) is 46.3 Å². The number of hydrogen-bond acceptors (Lipinski definition) is 13. The maximum absolute atomic E-state index is 13.3. The number of phosphoric acid groups is 2. The van der Waals surface area contributed by atoms with Crippen molar-refractivity contribution in [2.24, 2.45) is 0 Å². The minimum Gasteiger partial charge on any atom is -0.456 e. The molecule has 1 saturated heterocycles. The number of hydrogen-bond donors (Lipinski definition) is 4. The normalized spacial score (nSPS) is 22.1. The van der Waals surface area contributed by atoms with E-state index in [9.17, 15) is 33.0 Å². The molecule has 6 atom stereocenters. The summed E-state index contributed by atoms with van der Waals surface area (Å²) in [6.45, 7) is 2.71. The Morgan fingerprint density at radius 2 is 1.95 bits per heavy atom. The molecule has 0 spiro atoms. The third-order valence-electron chi connectivity index (χ3n) is 5.52. The van der Waals surface area contributed by atoms with Gasteiger partial charge in [0, 0.05) is 23.4 Å². The van der Waals surface area contributed by atoms with Crippen LogP contribution in [-0.4, -0.2) is 55.3 Å². The lowest BCUT2D eigenvalue weighted by atomic mass is 10.0. The lowest BCUT2D eigenvalue weighted by Gasteiger charge is -2.20. The van der Waals surface area contributed by atoms with Crippen molar-refractivity contribution in [3.8, 4) is 0 Å². The number of aromatic amines is 1. The van der Waals surface area contributed by atoms with E-state index in [2.05, 4.69) is 13.6 Å². The fourth-order valence-corrected chi connectivity index (χ4v) is 8.35. The number of nitrogens with one attached hydrogen (secondary N) is 1. The van der Waals surface area contributed by atoms with Crippen molar-refractivity contribution in [1.82, 2.24) is 9.55 Å². The van der Waals surface area contributed by atoms with Crippen LogP contribution >= 0.6 is 45.5 Å². The highest BCUT2D eigenvalue weighted by Crippen LogP contribution is 2.61. The number of carbonyl (C=O) groups is 1. The third kappa shape index (κ3) is 9.75. The van der Waals surface area contributed by atoms with Gasteiger partial charge in [0.15, 0.2) is 0 Å². The van der Waals surface area contributed by atoms with Crippen LogP contribution in [0.25, 0.3) is 0 Å². The Hall–Kier alpha value is -1.52. The molecule has 3 rings (SSSR count). The summed E-state index contributed by atoms with van der Waals surface area (Å²) in [5.74, 6) is -0.725. The summed E-state index contributed by atoms with van der Waals surface area (Å²) >= 11 is 0. The van der Waals surface area contributed by atoms with E-state index >= 15 is 0 Å². The monoisotopic (exact) mass is 676 g/mol. The van der Waals surface area contributed by atoms with Gasteiger partial charge in [-0.15, -0.1) is 0 Å². The number of aromatic nitrogens is 2. The van der Waals surface area contributed by atoms with Crippen molar-refractivity contribution in [1.29, 1.82) is 0 Å². The zero-order chi connectivity index (χ0) is 30.5. The van der Waals surface area contributed by atoms with Gasteiger partial charge in [-0.05, 0) is 31.7 Å². The van der Waals surface area contributed by atoms with Crippen LogP contribution in [0.2, 0.25) is 0 Å². The van der Waals surface area contributed by atoms with Crippen LogP contribution < -0.4 is 11.2 Å². The van der Waals surface area contributed by atoms with Gasteiger partial charge in [0.1, 0.15) is 18.4 Å². The molecular weight excluding hydrogens is 649 g/mol. The topological polar surface area (TPSA) is 230 Å². The van der Waals surface area contributed by atoms with E-state index in [0.29, 0.717) is 5.56 Å². The highest BCUT2D eigenvalue weighted by molar-refractivity contribution is 8.76. The quantitative estimate of drug-likeness (QED) is 0.136. The molecule has 1 aromatic carbocycles. The summed E-state index contributed by atoms with van der Waals surface area (Å²) in [6, 6.07) is 6.78. The highest BCUT2D eigenvalue weighted by atomic mass is 33.1. The molecule has 4 N–H and O–H groups in total. The SMILES string of the molecule is CSSC(C)c1ccccc1C(=O)OC1C[C@H](n2cc(C)c(=O)[nH]c2=O)O[C@@H]1CO[PH](=O)OP(=O)(O)OP(=O)(O)O. The van der Waals surface area contributed by atoms with Gasteiger partial charge >= 0.3 is 35.6 Å². The summed E-state index contributed by atoms with van der Waals surface area (Å²) < 4.78 is 59.9. The lowest BCUT2D eigenvalue weighted by Crippen LogP contribution is -2.33. The van der Waals surface area contributed by atoms with Crippen LogP contribution in [-0.2, 0) is 36.3 Å². The van der Waals surface area contributed by atoms with Gasteiger partial charge in [0.25, 0.3) is 5.56 Å². The molecule has 228 valence electrons. The van der Waals surface area contributed by atoms with E-state index in [1.807, 2.05) is 13.2 Å². The molecule has 1 aliphatic heterocycles. The minimum absolute atomic E-state index is 0.0736. The number of carbonyl (C=O) groups excluding carboxylic acids is 1. The molecule has 0 saturated carbocycles. The Morgan fingerprint density at radius 1 is 1.27 bits per heavy atom. The van der Waals surface area contributed by atoms with E-state index < -0.39 is 66.2 Å². The minimum atomic E-state index is -5.47. The van der Waals surface area contributed by atoms with Gasteiger partial charge in [-0.25, -0.2) is 23.0 Å². The number of esters is 1. The second kappa shape index (κ2) is 14.3. The number of nitrogens with zero attached hydrogens (tertiary/aromatic N) is 1. The third-order valence-corrected chi connectivity index (χ3v) is 11.3. The van der Waals surface area contributed by atoms with Crippen LogP contribution in [0, 0.1) is 6.92 Å². The molecule has 0 radical (unpaired) electrons. The van der Waals surface area contributed by atoms with E-state index in [1.165, 1.54) is 34.7 Å². The van der Waals surface area contributed by atoms with Crippen molar-refractivity contribution < 1.29 is 55.8 Å². The molecule has 16 nitrogen and oxygen atoms in total. The van der Waals surface area contributed by atoms with Crippen LogP contribution in [0.3, 0.4) is 0 Å². The summed E-state index contributed by atoms with van der Waals surface area (Å²) in [6.07, 6.45) is -0.345. The predicted octanol–water partition coefficient (Wildman–Crippen LogP) is 3.06. The van der Waals surface area contributed by atoms with E-state index in [4.69, 9.17) is 23.8 Å². The summed E-state index contributed by atoms with van der Waals surface area (Å²) in [4.78, 5) is 66.4. The van der Waals surface area contributed by atoms with Gasteiger partial charge in [0.2, 0.25) is 0 Å². The second-order valence-electron chi connectivity index (χ2n) is 8.47. The van der Waals surface area contributed by atoms with E-state index in [0.717, 1.165) is 4.57 Å². The number of benzene rings is 1. The van der Waals surface area contributed by atoms with Gasteiger partial charge in [0.05, 0.1) is 12.2 Å². The zero-order valence-electron chi connectivity index (χ0n) is 21.6. The maximum atomic E-state index is 13.3. The zero-order valence-corrected chi connectivity index (χ0v) is 26.0. The van der Waals surface area contributed by atoms with Crippen LogP contribution in [0.4, 0.5) is 0 Å². The van der Waals surface area contributed by atoms with E-state index in [-0.39, 0.29) is 22.8 Å². The van der Waals surface area contributed by atoms with Gasteiger partial charge in [-0.3, -0.25) is 18.9 Å². The smallest absolute Gasteiger partial charge is 0.456 e. The first-order valence-electron chi connectivity index (χ1n) is 11.5. The predicted molar refractivity (Wildman–Crippen MR) is 149 cm³/mol. The lowest BCUT2D eigenvalue weighted by molar-refractivity contribution is -0.0479. The summed E-state index contributed by atoms with van der Waals surface area (Å²) in [5.41, 5.74) is -0.247.